The fourth-order valence-corrected chi connectivity index (χ4v) is 4.38. The minimum atomic E-state index is -4.03. The molecule has 0 bridgehead atoms. The first-order valence-corrected chi connectivity index (χ1v) is 10.7. The van der Waals surface area contributed by atoms with Gasteiger partial charge in [-0.15, -0.1) is 0 Å². The van der Waals surface area contributed by atoms with Crippen molar-refractivity contribution in [2.75, 3.05) is 28.3 Å². The number of para-hydroxylation sites is 2. The molecule has 2 aromatic carbocycles. The molecule has 0 aliphatic carbocycles. The summed E-state index contributed by atoms with van der Waals surface area (Å²) in [5.74, 6) is -0.271. The van der Waals surface area contributed by atoms with Gasteiger partial charge in [0, 0.05) is 19.5 Å². The highest BCUT2D eigenvalue weighted by Gasteiger charge is 2.30. The number of ether oxygens (including phenoxy) is 2. The quantitative estimate of drug-likeness (QED) is 0.440. The fourth-order valence-electron chi connectivity index (χ4n) is 3.32. The van der Waals surface area contributed by atoms with Crippen LogP contribution in [0.1, 0.15) is 10.4 Å². The summed E-state index contributed by atoms with van der Waals surface area (Å²) in [5, 5.41) is 0.711. The van der Waals surface area contributed by atoms with Crippen LogP contribution < -0.4 is 4.74 Å². The van der Waals surface area contributed by atoms with E-state index in [2.05, 4.69) is 9.97 Å². The summed E-state index contributed by atoms with van der Waals surface area (Å²) in [7, 11) is 1.54. The van der Waals surface area contributed by atoms with Crippen molar-refractivity contribution in [3.05, 3.63) is 54.1 Å². The minimum Gasteiger partial charge on any atom is -0.494 e. The molecule has 160 valence electrons. The summed E-state index contributed by atoms with van der Waals surface area (Å²) in [6, 6.07) is 13.8. The SMILES string of the molecule is COC(=O)c1cc2ccccc2nc1-c1nc2c(OC)cccc2n1S(=O)(=O)N(C)C. The van der Waals surface area contributed by atoms with Gasteiger partial charge in [0.1, 0.15) is 17.0 Å². The lowest BCUT2D eigenvalue weighted by atomic mass is 10.1. The highest BCUT2D eigenvalue weighted by Crippen LogP contribution is 2.34. The highest BCUT2D eigenvalue weighted by molar-refractivity contribution is 7.87. The average Bonchev–Trinajstić information content (AvgIpc) is 3.17. The molecule has 31 heavy (non-hydrogen) atoms. The lowest BCUT2D eigenvalue weighted by Crippen LogP contribution is -2.29. The second-order valence-electron chi connectivity index (χ2n) is 6.89. The van der Waals surface area contributed by atoms with Crippen molar-refractivity contribution in [1.29, 1.82) is 0 Å². The third-order valence-corrected chi connectivity index (χ3v) is 6.61. The van der Waals surface area contributed by atoms with Gasteiger partial charge in [-0.05, 0) is 24.3 Å². The molecule has 0 fully saturated rings. The maximum atomic E-state index is 13.3. The van der Waals surface area contributed by atoms with Gasteiger partial charge in [0.15, 0.2) is 5.82 Å². The third-order valence-electron chi connectivity index (χ3n) is 4.86. The van der Waals surface area contributed by atoms with Crippen molar-refractivity contribution in [3.63, 3.8) is 0 Å². The predicted octanol–water partition coefficient (Wildman–Crippen LogP) is 2.70. The number of nitrogens with zero attached hydrogens (tertiary/aromatic N) is 4. The summed E-state index contributed by atoms with van der Waals surface area (Å²) in [6.07, 6.45) is 0. The molecule has 0 saturated heterocycles. The number of fused-ring (bicyclic) bond motifs is 2. The van der Waals surface area contributed by atoms with Crippen LogP contribution in [0.15, 0.2) is 48.5 Å². The molecule has 4 aromatic rings. The minimum absolute atomic E-state index is 0.0145. The number of methoxy groups -OCH3 is 2. The van der Waals surface area contributed by atoms with Crippen LogP contribution in [-0.4, -0.2) is 60.9 Å². The lowest BCUT2D eigenvalue weighted by molar-refractivity contribution is 0.0601. The number of carbonyl (C=O) groups excluding carboxylic acids is 1. The van der Waals surface area contributed by atoms with Crippen molar-refractivity contribution >= 4 is 38.1 Å². The number of rotatable bonds is 5. The number of imidazole rings is 1. The smallest absolute Gasteiger partial charge is 0.340 e. The number of aromatic nitrogens is 3. The van der Waals surface area contributed by atoms with E-state index in [0.717, 1.165) is 8.28 Å². The van der Waals surface area contributed by atoms with Gasteiger partial charge in [-0.1, -0.05) is 24.3 Å². The van der Waals surface area contributed by atoms with Gasteiger partial charge >= 0.3 is 16.2 Å². The number of benzene rings is 2. The summed E-state index contributed by atoms with van der Waals surface area (Å²) >= 11 is 0. The summed E-state index contributed by atoms with van der Waals surface area (Å²) in [4.78, 5) is 21.7. The Bertz CT molecular complexity index is 1430. The second-order valence-corrected chi connectivity index (χ2v) is 8.88. The number of hydrogen-bond acceptors (Lipinski definition) is 7. The van der Waals surface area contributed by atoms with E-state index in [0.29, 0.717) is 27.7 Å². The second kappa shape index (κ2) is 7.64. The van der Waals surface area contributed by atoms with Crippen LogP contribution in [0.25, 0.3) is 33.5 Å². The molecule has 0 radical (unpaired) electrons. The number of esters is 1. The molecule has 0 atom stereocenters. The molecule has 0 aliphatic rings. The number of hydrogen-bond donors (Lipinski definition) is 0. The standard InChI is InChI=1S/C21H20N4O5S/c1-24(2)31(27,28)25-16-10-7-11-17(29-3)19(16)23-20(25)18-14(21(26)30-4)12-13-8-5-6-9-15(13)22-18/h5-12H,1-4H3. The lowest BCUT2D eigenvalue weighted by Gasteiger charge is -2.16. The van der Waals surface area contributed by atoms with Crippen LogP contribution in [-0.2, 0) is 14.9 Å². The van der Waals surface area contributed by atoms with Crippen molar-refractivity contribution in [2.45, 2.75) is 0 Å². The topological polar surface area (TPSA) is 104 Å². The van der Waals surface area contributed by atoms with Gasteiger partial charge in [0.25, 0.3) is 0 Å². The van der Waals surface area contributed by atoms with Crippen LogP contribution in [0.3, 0.4) is 0 Å². The third kappa shape index (κ3) is 3.29. The summed E-state index contributed by atoms with van der Waals surface area (Å²) < 4.78 is 39.0. The Morgan fingerprint density at radius 2 is 1.77 bits per heavy atom. The molecule has 0 N–H and O–H groups in total. The Balaban J connectivity index is 2.18. The fraction of sp³-hybridized carbons (Fsp3) is 0.190. The molecule has 2 aromatic heterocycles. The van der Waals surface area contributed by atoms with Gasteiger partial charge < -0.3 is 9.47 Å². The molecule has 4 rings (SSSR count). The zero-order valence-electron chi connectivity index (χ0n) is 17.4. The van der Waals surface area contributed by atoms with Crippen molar-refractivity contribution in [3.8, 4) is 17.3 Å². The first-order valence-electron chi connectivity index (χ1n) is 9.26. The van der Waals surface area contributed by atoms with E-state index in [9.17, 15) is 13.2 Å². The Hall–Kier alpha value is -3.50. The summed E-state index contributed by atoms with van der Waals surface area (Å²) in [5.41, 5.74) is 1.41. The van der Waals surface area contributed by atoms with Crippen molar-refractivity contribution < 1.29 is 22.7 Å². The summed E-state index contributed by atoms with van der Waals surface area (Å²) in [6.45, 7) is 0. The van der Waals surface area contributed by atoms with Crippen LogP contribution in [0, 0.1) is 0 Å². The van der Waals surface area contributed by atoms with E-state index in [1.165, 1.54) is 28.3 Å². The van der Waals surface area contributed by atoms with E-state index in [4.69, 9.17) is 9.47 Å². The normalized spacial score (nSPS) is 11.9. The first-order chi connectivity index (χ1) is 14.8. The van der Waals surface area contributed by atoms with Crippen LogP contribution in [0.4, 0.5) is 0 Å². The van der Waals surface area contributed by atoms with Crippen molar-refractivity contribution in [2.24, 2.45) is 0 Å². The van der Waals surface area contributed by atoms with Gasteiger partial charge in [-0.2, -0.15) is 12.7 Å². The van der Waals surface area contributed by atoms with Gasteiger partial charge in [-0.25, -0.2) is 18.7 Å². The van der Waals surface area contributed by atoms with Crippen LogP contribution in [0.5, 0.6) is 5.75 Å². The van der Waals surface area contributed by atoms with E-state index in [-0.39, 0.29) is 17.1 Å². The molecule has 10 heteroatoms. The Labute approximate surface area is 179 Å². The molecule has 0 unspecified atom stereocenters. The van der Waals surface area contributed by atoms with E-state index < -0.39 is 16.2 Å². The Kier molecular flexibility index (Phi) is 5.11. The molecule has 0 aliphatic heterocycles. The van der Waals surface area contributed by atoms with Gasteiger partial charge in [-0.3, -0.25) is 0 Å². The Morgan fingerprint density at radius 1 is 1.03 bits per heavy atom. The Morgan fingerprint density at radius 3 is 2.45 bits per heavy atom. The molecular formula is C21H20N4O5S. The molecule has 9 nitrogen and oxygen atoms in total. The van der Waals surface area contributed by atoms with Crippen molar-refractivity contribution in [1.82, 2.24) is 18.2 Å². The highest BCUT2D eigenvalue weighted by atomic mass is 32.2. The largest absolute Gasteiger partial charge is 0.494 e. The molecule has 0 saturated carbocycles. The maximum absolute atomic E-state index is 13.3. The maximum Gasteiger partial charge on any atom is 0.340 e. The zero-order valence-corrected chi connectivity index (χ0v) is 18.2. The molecule has 0 amide bonds. The first kappa shape index (κ1) is 20.8. The van der Waals surface area contributed by atoms with Gasteiger partial charge in [0.05, 0.1) is 30.8 Å². The average molecular weight is 440 g/mol. The monoisotopic (exact) mass is 440 g/mol. The van der Waals surface area contributed by atoms with Crippen LogP contribution in [0.2, 0.25) is 0 Å². The van der Waals surface area contributed by atoms with Crippen LogP contribution >= 0.6 is 0 Å². The molecule has 2 heterocycles. The zero-order chi connectivity index (χ0) is 22.3. The van der Waals surface area contributed by atoms with E-state index in [1.807, 2.05) is 6.07 Å². The number of carbonyl (C=O) groups is 1. The molecular weight excluding hydrogens is 420 g/mol. The predicted molar refractivity (Wildman–Crippen MR) is 116 cm³/mol. The number of pyridine rings is 1. The molecule has 0 spiro atoms. The van der Waals surface area contributed by atoms with E-state index >= 15 is 0 Å². The van der Waals surface area contributed by atoms with Gasteiger partial charge in [0.2, 0.25) is 0 Å². The van der Waals surface area contributed by atoms with E-state index in [1.54, 1.807) is 42.5 Å².